The lowest BCUT2D eigenvalue weighted by atomic mass is 10.2. The Kier molecular flexibility index (Phi) is 4.97. The van der Waals surface area contributed by atoms with Gasteiger partial charge in [-0.3, -0.25) is 19.0 Å². The number of carbonyl (C=O) groups is 3. The highest BCUT2D eigenvalue weighted by atomic mass is 16.4. The van der Waals surface area contributed by atoms with E-state index in [1.54, 1.807) is 17.8 Å². The van der Waals surface area contributed by atoms with E-state index in [1.165, 1.54) is 13.2 Å². The van der Waals surface area contributed by atoms with Gasteiger partial charge in [0, 0.05) is 32.9 Å². The van der Waals surface area contributed by atoms with Crippen LogP contribution in [0.3, 0.4) is 0 Å². The third-order valence-corrected chi connectivity index (χ3v) is 3.43. The summed E-state index contributed by atoms with van der Waals surface area (Å²) in [4.78, 5) is 35.0. The van der Waals surface area contributed by atoms with Crippen LogP contribution in [0.15, 0.2) is 12.3 Å². The molecule has 0 bridgehead atoms. The molecule has 3 N–H and O–H groups in total. The average molecular weight is 334 g/mol. The fraction of sp³-hybridized carbons (Fsp3) is 0.357. The summed E-state index contributed by atoms with van der Waals surface area (Å²) in [7, 11) is 3.18. The summed E-state index contributed by atoms with van der Waals surface area (Å²) in [5.41, 5.74) is 0.921. The molecular formula is C14H18N6O4. The smallest absolute Gasteiger partial charge is 0.354 e. The molecule has 0 aromatic carbocycles. The van der Waals surface area contributed by atoms with Crippen LogP contribution >= 0.6 is 0 Å². The number of hydrogen-bond acceptors (Lipinski definition) is 5. The molecular weight excluding hydrogens is 316 g/mol. The maximum atomic E-state index is 12.0. The molecule has 2 amide bonds. The van der Waals surface area contributed by atoms with E-state index in [9.17, 15) is 14.4 Å². The van der Waals surface area contributed by atoms with E-state index in [2.05, 4.69) is 20.8 Å². The second-order valence-corrected chi connectivity index (χ2v) is 5.14. The number of nitrogens with zero attached hydrogens (tertiary/aromatic N) is 4. The monoisotopic (exact) mass is 334 g/mol. The Morgan fingerprint density at radius 2 is 1.75 bits per heavy atom. The van der Waals surface area contributed by atoms with E-state index in [0.717, 1.165) is 10.4 Å². The van der Waals surface area contributed by atoms with Crippen molar-refractivity contribution in [1.82, 2.24) is 30.2 Å². The summed E-state index contributed by atoms with van der Waals surface area (Å²) in [5.74, 6) is -2.15. The normalized spacial score (nSPS) is 10.5. The standard InChI is InChI=1S/C14H18N6O4/c1-8-6-10(18-19(8)2)13(22)16-5-4-15-12(21)9-7-17-20(3)11(9)14(23)24/h6-7H,4-5H2,1-3H3,(H,15,21)(H,16,22)(H,23,24). The molecule has 2 aromatic rings. The first-order chi connectivity index (χ1) is 11.3. The largest absolute Gasteiger partial charge is 0.477 e. The topological polar surface area (TPSA) is 131 Å². The Bertz CT molecular complexity index is 772. The zero-order chi connectivity index (χ0) is 17.9. The zero-order valence-electron chi connectivity index (χ0n) is 13.5. The summed E-state index contributed by atoms with van der Waals surface area (Å²) in [6.45, 7) is 2.16. The van der Waals surface area contributed by atoms with Crippen molar-refractivity contribution in [3.63, 3.8) is 0 Å². The van der Waals surface area contributed by atoms with Gasteiger partial charge in [0.15, 0.2) is 5.69 Å². The van der Waals surface area contributed by atoms with Crippen LogP contribution in [0.25, 0.3) is 0 Å². The summed E-state index contributed by atoms with van der Waals surface area (Å²) >= 11 is 0. The summed E-state index contributed by atoms with van der Waals surface area (Å²) in [5, 5.41) is 22.0. The van der Waals surface area contributed by atoms with Gasteiger partial charge in [-0.2, -0.15) is 10.2 Å². The number of amides is 2. The van der Waals surface area contributed by atoms with Crippen LogP contribution in [0.1, 0.15) is 37.0 Å². The number of hydrogen-bond donors (Lipinski definition) is 3. The van der Waals surface area contributed by atoms with Crippen molar-refractivity contribution < 1.29 is 19.5 Å². The van der Waals surface area contributed by atoms with Crippen LogP contribution in [0, 0.1) is 6.92 Å². The van der Waals surface area contributed by atoms with Gasteiger partial charge in [-0.25, -0.2) is 4.79 Å². The molecule has 0 aliphatic heterocycles. The summed E-state index contributed by atoms with van der Waals surface area (Å²) < 4.78 is 2.70. The van der Waals surface area contributed by atoms with Gasteiger partial charge in [0.25, 0.3) is 11.8 Å². The minimum absolute atomic E-state index is 0.0309. The number of carbonyl (C=O) groups excluding carboxylic acids is 2. The van der Waals surface area contributed by atoms with E-state index < -0.39 is 11.9 Å². The van der Waals surface area contributed by atoms with Gasteiger partial charge in [0.2, 0.25) is 0 Å². The zero-order valence-corrected chi connectivity index (χ0v) is 13.5. The fourth-order valence-corrected chi connectivity index (χ4v) is 2.07. The third kappa shape index (κ3) is 3.59. The highest BCUT2D eigenvalue weighted by molar-refractivity contribution is 6.03. The molecule has 2 heterocycles. The molecule has 2 rings (SSSR count). The Hall–Kier alpha value is -3.17. The summed E-state index contributed by atoms with van der Waals surface area (Å²) in [6.07, 6.45) is 1.19. The lowest BCUT2D eigenvalue weighted by Gasteiger charge is -2.06. The van der Waals surface area contributed by atoms with Crippen molar-refractivity contribution in [3.8, 4) is 0 Å². The Balaban J connectivity index is 1.85. The molecule has 2 aromatic heterocycles. The van der Waals surface area contributed by atoms with Crippen molar-refractivity contribution in [2.45, 2.75) is 6.92 Å². The number of rotatable bonds is 6. The number of carboxylic acids is 1. The minimum atomic E-state index is -1.24. The molecule has 10 heteroatoms. The van der Waals surface area contributed by atoms with Gasteiger partial charge in [0.05, 0.1) is 11.8 Å². The van der Waals surface area contributed by atoms with E-state index >= 15 is 0 Å². The lowest BCUT2D eigenvalue weighted by molar-refractivity contribution is 0.0679. The first kappa shape index (κ1) is 17.2. The molecule has 0 radical (unpaired) electrons. The molecule has 0 saturated heterocycles. The van der Waals surface area contributed by atoms with Crippen LogP contribution in [0.5, 0.6) is 0 Å². The van der Waals surface area contributed by atoms with Crippen LogP contribution in [0.2, 0.25) is 0 Å². The fourth-order valence-electron chi connectivity index (χ4n) is 2.07. The van der Waals surface area contributed by atoms with Crippen LogP contribution in [-0.2, 0) is 14.1 Å². The Labute approximate surface area is 137 Å². The molecule has 0 aliphatic carbocycles. The second kappa shape index (κ2) is 6.94. The molecule has 0 unspecified atom stereocenters. The number of aryl methyl sites for hydroxylation is 3. The number of aromatic nitrogens is 4. The highest BCUT2D eigenvalue weighted by Crippen LogP contribution is 2.07. The summed E-state index contributed by atoms with van der Waals surface area (Å²) in [6, 6.07) is 1.66. The molecule has 0 spiro atoms. The quantitative estimate of drug-likeness (QED) is 0.600. The predicted molar refractivity (Wildman–Crippen MR) is 82.8 cm³/mol. The highest BCUT2D eigenvalue weighted by Gasteiger charge is 2.21. The van der Waals surface area contributed by atoms with E-state index in [4.69, 9.17) is 5.11 Å². The maximum absolute atomic E-state index is 12.0. The maximum Gasteiger partial charge on any atom is 0.354 e. The van der Waals surface area contributed by atoms with Gasteiger partial charge in [-0.1, -0.05) is 0 Å². The van der Waals surface area contributed by atoms with E-state index in [1.807, 2.05) is 6.92 Å². The Morgan fingerprint density at radius 3 is 2.29 bits per heavy atom. The molecule has 128 valence electrons. The van der Waals surface area contributed by atoms with Gasteiger partial charge in [-0.15, -0.1) is 0 Å². The number of nitrogens with one attached hydrogen (secondary N) is 2. The van der Waals surface area contributed by atoms with E-state index in [-0.39, 0.29) is 30.3 Å². The molecule has 0 saturated carbocycles. The lowest BCUT2D eigenvalue weighted by Crippen LogP contribution is -2.35. The molecule has 24 heavy (non-hydrogen) atoms. The van der Waals surface area contributed by atoms with Gasteiger partial charge >= 0.3 is 5.97 Å². The molecule has 0 fully saturated rings. The van der Waals surface area contributed by atoms with Crippen molar-refractivity contribution in [2.24, 2.45) is 14.1 Å². The number of carboxylic acid groups (broad SMARTS) is 1. The van der Waals surface area contributed by atoms with Gasteiger partial charge < -0.3 is 15.7 Å². The average Bonchev–Trinajstić information content (AvgIpc) is 3.06. The first-order valence-corrected chi connectivity index (χ1v) is 7.13. The van der Waals surface area contributed by atoms with Crippen LogP contribution in [-0.4, -0.2) is 55.5 Å². The molecule has 0 aliphatic rings. The van der Waals surface area contributed by atoms with Crippen molar-refractivity contribution in [1.29, 1.82) is 0 Å². The van der Waals surface area contributed by atoms with Crippen molar-refractivity contribution >= 4 is 17.8 Å². The first-order valence-electron chi connectivity index (χ1n) is 7.13. The van der Waals surface area contributed by atoms with Gasteiger partial charge in [0.1, 0.15) is 5.69 Å². The number of aromatic carboxylic acids is 1. The predicted octanol–water partition coefficient (Wildman–Crippen LogP) is -0.680. The third-order valence-electron chi connectivity index (χ3n) is 3.43. The molecule has 0 atom stereocenters. The van der Waals surface area contributed by atoms with Crippen LogP contribution in [0.4, 0.5) is 0 Å². The second-order valence-electron chi connectivity index (χ2n) is 5.14. The van der Waals surface area contributed by atoms with Gasteiger partial charge in [-0.05, 0) is 13.0 Å². The van der Waals surface area contributed by atoms with Crippen molar-refractivity contribution in [2.75, 3.05) is 13.1 Å². The van der Waals surface area contributed by atoms with E-state index in [0.29, 0.717) is 5.69 Å². The van der Waals surface area contributed by atoms with Crippen LogP contribution < -0.4 is 10.6 Å². The SMILES string of the molecule is Cc1cc(C(=O)NCCNC(=O)c2cnn(C)c2C(=O)O)nn1C. The Morgan fingerprint density at radius 1 is 1.12 bits per heavy atom. The minimum Gasteiger partial charge on any atom is -0.477 e. The molecule has 10 nitrogen and oxygen atoms in total. The van der Waals surface area contributed by atoms with Crippen molar-refractivity contribution in [3.05, 3.63) is 34.9 Å².